The van der Waals surface area contributed by atoms with Gasteiger partial charge in [0.05, 0.1) is 5.69 Å². The molecule has 5 nitrogen and oxygen atoms in total. The van der Waals surface area contributed by atoms with Gasteiger partial charge in [-0.15, -0.1) is 11.3 Å². The standard InChI is InChI=1S/C13H18N2O3S/c1-13(2,3)18-12(17)14-8-4-5-9-10(6-8)19-11(7-16)15-9/h7-8H,4-6H2,1-3H3,(H,14,17)/t8-/m1/s1. The molecule has 1 aliphatic carbocycles. The van der Waals surface area contributed by atoms with Crippen LogP contribution in [0.4, 0.5) is 4.79 Å². The van der Waals surface area contributed by atoms with Crippen LogP contribution < -0.4 is 5.32 Å². The highest BCUT2D eigenvalue weighted by molar-refractivity contribution is 7.13. The number of carbonyl (C=O) groups excluding carboxylic acids is 2. The van der Waals surface area contributed by atoms with E-state index < -0.39 is 5.60 Å². The summed E-state index contributed by atoms with van der Waals surface area (Å²) in [5.74, 6) is 0. The normalized spacial score (nSPS) is 18.6. The molecule has 1 amide bonds. The lowest BCUT2D eigenvalue weighted by molar-refractivity contribution is 0.0500. The zero-order valence-electron chi connectivity index (χ0n) is 11.4. The highest BCUT2D eigenvalue weighted by atomic mass is 32.1. The number of nitrogens with one attached hydrogen (secondary N) is 1. The predicted octanol–water partition coefficient (Wildman–Crippen LogP) is 2.34. The van der Waals surface area contributed by atoms with E-state index >= 15 is 0 Å². The summed E-state index contributed by atoms with van der Waals surface area (Å²) in [5, 5.41) is 3.39. The Hall–Kier alpha value is -1.43. The third kappa shape index (κ3) is 3.76. The van der Waals surface area contributed by atoms with E-state index in [0.29, 0.717) is 5.01 Å². The Balaban J connectivity index is 1.94. The molecule has 1 N–H and O–H groups in total. The molecule has 0 saturated heterocycles. The van der Waals surface area contributed by atoms with Crippen molar-refractivity contribution in [3.8, 4) is 0 Å². The Kier molecular flexibility index (Phi) is 3.89. The topological polar surface area (TPSA) is 68.3 Å². The molecular formula is C13H18N2O3S. The Morgan fingerprint density at radius 3 is 2.89 bits per heavy atom. The van der Waals surface area contributed by atoms with Gasteiger partial charge in [0.15, 0.2) is 11.3 Å². The van der Waals surface area contributed by atoms with Crippen LogP contribution in [0.1, 0.15) is 47.6 Å². The van der Waals surface area contributed by atoms with Crippen LogP contribution in [0.5, 0.6) is 0 Å². The summed E-state index contributed by atoms with van der Waals surface area (Å²) in [4.78, 5) is 27.7. The van der Waals surface area contributed by atoms with Crippen LogP contribution in [0.25, 0.3) is 0 Å². The first-order valence-corrected chi connectivity index (χ1v) is 7.12. The number of aromatic nitrogens is 1. The maximum atomic E-state index is 11.7. The van der Waals surface area contributed by atoms with Crippen molar-refractivity contribution in [1.82, 2.24) is 10.3 Å². The number of fused-ring (bicyclic) bond motifs is 1. The summed E-state index contributed by atoms with van der Waals surface area (Å²) < 4.78 is 5.24. The molecule has 0 radical (unpaired) electrons. The number of alkyl carbamates (subject to hydrolysis) is 1. The number of nitrogens with zero attached hydrogens (tertiary/aromatic N) is 1. The fourth-order valence-electron chi connectivity index (χ4n) is 2.04. The van der Waals surface area contributed by atoms with Gasteiger partial charge < -0.3 is 10.1 Å². The van der Waals surface area contributed by atoms with E-state index in [-0.39, 0.29) is 12.1 Å². The maximum Gasteiger partial charge on any atom is 0.407 e. The summed E-state index contributed by atoms with van der Waals surface area (Å²) in [6.07, 6.45) is 2.73. The smallest absolute Gasteiger partial charge is 0.407 e. The van der Waals surface area contributed by atoms with Gasteiger partial charge in [-0.2, -0.15) is 0 Å². The number of aryl methyl sites for hydroxylation is 1. The lowest BCUT2D eigenvalue weighted by atomic mass is 9.98. The minimum absolute atomic E-state index is 0.0577. The van der Waals surface area contributed by atoms with Crippen molar-refractivity contribution in [2.75, 3.05) is 0 Å². The molecule has 1 atom stereocenters. The van der Waals surface area contributed by atoms with Crippen molar-refractivity contribution >= 4 is 23.7 Å². The SMILES string of the molecule is CC(C)(C)OC(=O)N[C@@H]1CCc2nc(C=O)sc2C1. The predicted molar refractivity (Wildman–Crippen MR) is 72.7 cm³/mol. The zero-order valence-corrected chi connectivity index (χ0v) is 12.2. The zero-order chi connectivity index (χ0) is 14.0. The lowest BCUT2D eigenvalue weighted by Crippen LogP contribution is -2.41. The number of rotatable bonds is 2. The Morgan fingerprint density at radius 1 is 1.53 bits per heavy atom. The van der Waals surface area contributed by atoms with Crippen LogP contribution in [0.3, 0.4) is 0 Å². The van der Waals surface area contributed by atoms with Crippen molar-refractivity contribution in [3.63, 3.8) is 0 Å². The lowest BCUT2D eigenvalue weighted by Gasteiger charge is -2.25. The number of hydrogen-bond acceptors (Lipinski definition) is 5. The molecule has 1 aliphatic rings. The van der Waals surface area contributed by atoms with E-state index in [2.05, 4.69) is 10.3 Å². The van der Waals surface area contributed by atoms with Crippen LogP contribution in [-0.4, -0.2) is 29.0 Å². The molecule has 1 heterocycles. The van der Waals surface area contributed by atoms with Gasteiger partial charge in [-0.25, -0.2) is 9.78 Å². The monoisotopic (exact) mass is 282 g/mol. The number of ether oxygens (including phenoxy) is 1. The van der Waals surface area contributed by atoms with Crippen molar-refractivity contribution in [1.29, 1.82) is 0 Å². The van der Waals surface area contributed by atoms with Crippen LogP contribution in [0, 0.1) is 0 Å². The first-order chi connectivity index (χ1) is 8.87. The fraction of sp³-hybridized carbons (Fsp3) is 0.615. The van der Waals surface area contributed by atoms with Crippen molar-refractivity contribution in [2.45, 2.75) is 51.7 Å². The van der Waals surface area contributed by atoms with Gasteiger partial charge in [0.25, 0.3) is 0 Å². The van der Waals surface area contributed by atoms with Gasteiger partial charge in [-0.05, 0) is 33.6 Å². The first kappa shape index (κ1) is 14.0. The number of aldehydes is 1. The van der Waals surface area contributed by atoms with E-state index in [9.17, 15) is 9.59 Å². The van der Waals surface area contributed by atoms with Gasteiger partial charge in [-0.1, -0.05) is 0 Å². The summed E-state index contributed by atoms with van der Waals surface area (Å²) in [7, 11) is 0. The van der Waals surface area contributed by atoms with E-state index in [0.717, 1.165) is 36.1 Å². The minimum Gasteiger partial charge on any atom is -0.444 e. The summed E-state index contributed by atoms with van der Waals surface area (Å²) in [6.45, 7) is 5.52. The Morgan fingerprint density at radius 2 is 2.26 bits per heavy atom. The summed E-state index contributed by atoms with van der Waals surface area (Å²) >= 11 is 1.41. The minimum atomic E-state index is -0.487. The van der Waals surface area contributed by atoms with Crippen molar-refractivity contribution in [2.24, 2.45) is 0 Å². The van der Waals surface area contributed by atoms with Crippen LogP contribution in [0.15, 0.2) is 0 Å². The average Bonchev–Trinajstić information content (AvgIpc) is 2.68. The molecule has 104 valence electrons. The molecule has 0 saturated carbocycles. The van der Waals surface area contributed by atoms with Crippen molar-refractivity contribution in [3.05, 3.63) is 15.6 Å². The highest BCUT2D eigenvalue weighted by Crippen LogP contribution is 2.26. The molecule has 0 spiro atoms. The molecule has 0 unspecified atom stereocenters. The second kappa shape index (κ2) is 5.28. The molecule has 0 aliphatic heterocycles. The molecular weight excluding hydrogens is 264 g/mol. The van der Waals surface area contributed by atoms with Gasteiger partial charge in [0, 0.05) is 17.3 Å². The number of amides is 1. The molecule has 2 rings (SSSR count). The Bertz CT molecular complexity index is 491. The first-order valence-electron chi connectivity index (χ1n) is 6.30. The van der Waals surface area contributed by atoms with E-state index in [1.54, 1.807) is 0 Å². The van der Waals surface area contributed by atoms with E-state index in [1.807, 2.05) is 20.8 Å². The summed E-state index contributed by atoms with van der Waals surface area (Å²) in [6, 6.07) is 0.0577. The van der Waals surface area contributed by atoms with Crippen LogP contribution >= 0.6 is 11.3 Å². The highest BCUT2D eigenvalue weighted by Gasteiger charge is 2.25. The average molecular weight is 282 g/mol. The van der Waals surface area contributed by atoms with Crippen LogP contribution in [0.2, 0.25) is 0 Å². The molecule has 0 aromatic carbocycles. The van der Waals surface area contributed by atoms with Crippen LogP contribution in [-0.2, 0) is 17.6 Å². The van der Waals surface area contributed by atoms with E-state index in [1.165, 1.54) is 11.3 Å². The molecule has 0 bridgehead atoms. The second-order valence-corrected chi connectivity index (χ2v) is 6.74. The third-order valence-electron chi connectivity index (χ3n) is 2.78. The molecule has 6 heteroatoms. The van der Waals surface area contributed by atoms with Gasteiger partial charge in [-0.3, -0.25) is 4.79 Å². The molecule has 1 aromatic heterocycles. The second-order valence-electron chi connectivity index (χ2n) is 5.63. The number of thiazole rings is 1. The molecule has 1 aromatic rings. The largest absolute Gasteiger partial charge is 0.444 e. The van der Waals surface area contributed by atoms with E-state index in [4.69, 9.17) is 4.74 Å². The third-order valence-corrected chi connectivity index (χ3v) is 3.82. The summed E-state index contributed by atoms with van der Waals surface area (Å²) in [5.41, 5.74) is 0.508. The van der Waals surface area contributed by atoms with Gasteiger partial charge >= 0.3 is 6.09 Å². The van der Waals surface area contributed by atoms with Gasteiger partial charge in [0.1, 0.15) is 5.60 Å². The van der Waals surface area contributed by atoms with Gasteiger partial charge in [0.2, 0.25) is 0 Å². The number of hydrogen-bond donors (Lipinski definition) is 1. The maximum absolute atomic E-state index is 11.7. The fourth-order valence-corrected chi connectivity index (χ4v) is 3.05. The molecule has 0 fully saturated rings. The molecule has 19 heavy (non-hydrogen) atoms. The Labute approximate surface area is 116 Å². The quantitative estimate of drug-likeness (QED) is 0.845. The van der Waals surface area contributed by atoms with Crippen molar-refractivity contribution < 1.29 is 14.3 Å². The number of carbonyl (C=O) groups is 2.